The fraction of sp³-hybridized carbons (Fsp3) is 0.320. The highest BCUT2D eigenvalue weighted by molar-refractivity contribution is 7.10. The highest BCUT2D eigenvalue weighted by atomic mass is 32.1. The molecule has 2 heterocycles. The molecule has 1 N–H and O–H groups in total. The van der Waals surface area contributed by atoms with Crippen molar-refractivity contribution in [3.8, 4) is 11.5 Å². The van der Waals surface area contributed by atoms with E-state index in [0.717, 1.165) is 46.9 Å². The first-order valence-electron chi connectivity index (χ1n) is 10.5. The summed E-state index contributed by atoms with van der Waals surface area (Å²) in [5.74, 6) is 1.66. The second-order valence-electron chi connectivity index (χ2n) is 7.66. The smallest absolute Gasteiger partial charge is 0.234 e. The third kappa shape index (κ3) is 4.92. The molecule has 2 atom stereocenters. The third-order valence-corrected chi connectivity index (χ3v) is 6.71. The maximum absolute atomic E-state index is 13.1. The summed E-state index contributed by atoms with van der Waals surface area (Å²) in [4.78, 5) is 16.5. The number of benzene rings is 2. The van der Waals surface area contributed by atoms with Crippen molar-refractivity contribution in [1.29, 1.82) is 0 Å². The number of nitrogens with zero attached hydrogens (tertiary/aromatic N) is 1. The summed E-state index contributed by atoms with van der Waals surface area (Å²) < 4.78 is 11.0. The van der Waals surface area contributed by atoms with Gasteiger partial charge in [0.15, 0.2) is 0 Å². The lowest BCUT2D eigenvalue weighted by molar-refractivity contribution is -0.123. The van der Waals surface area contributed by atoms with Gasteiger partial charge in [-0.1, -0.05) is 36.4 Å². The summed E-state index contributed by atoms with van der Waals surface area (Å²) in [7, 11) is 3.35. The molecule has 1 aromatic heterocycles. The van der Waals surface area contributed by atoms with Crippen molar-refractivity contribution in [3.63, 3.8) is 0 Å². The zero-order chi connectivity index (χ0) is 21.6. The van der Waals surface area contributed by atoms with Crippen molar-refractivity contribution in [2.45, 2.75) is 24.9 Å². The van der Waals surface area contributed by atoms with Crippen molar-refractivity contribution in [3.05, 3.63) is 82.0 Å². The Labute approximate surface area is 187 Å². The van der Waals surface area contributed by atoms with Gasteiger partial charge < -0.3 is 14.8 Å². The molecule has 0 unspecified atom stereocenters. The van der Waals surface area contributed by atoms with Gasteiger partial charge in [-0.05, 0) is 54.6 Å². The molecule has 0 bridgehead atoms. The Morgan fingerprint density at radius 1 is 1.13 bits per heavy atom. The van der Waals surface area contributed by atoms with Gasteiger partial charge in [-0.2, -0.15) is 0 Å². The number of ether oxygens (including phenoxy) is 2. The topological polar surface area (TPSA) is 50.8 Å². The second-order valence-corrected chi connectivity index (χ2v) is 8.64. The predicted molar refractivity (Wildman–Crippen MR) is 124 cm³/mol. The van der Waals surface area contributed by atoms with Crippen LogP contribution in [0.2, 0.25) is 0 Å². The van der Waals surface area contributed by atoms with E-state index in [-0.39, 0.29) is 18.0 Å². The van der Waals surface area contributed by atoms with E-state index in [4.69, 9.17) is 9.47 Å². The Kier molecular flexibility index (Phi) is 6.89. The van der Waals surface area contributed by atoms with Crippen molar-refractivity contribution < 1.29 is 14.3 Å². The maximum Gasteiger partial charge on any atom is 0.234 e. The number of carbonyl (C=O) groups excluding carboxylic acids is 1. The summed E-state index contributed by atoms with van der Waals surface area (Å²) >= 11 is 1.66. The molecule has 0 spiro atoms. The Hall–Kier alpha value is -2.83. The SMILES string of the molecule is COc1ccc(OC)c([C@@H]2CCCN2CC(=O)N[C@H](c2ccccc2)c2cccs2)c1. The van der Waals surface area contributed by atoms with Crippen LogP contribution in [0.3, 0.4) is 0 Å². The van der Waals surface area contributed by atoms with Gasteiger partial charge in [0.05, 0.1) is 26.8 Å². The number of methoxy groups -OCH3 is 2. The van der Waals surface area contributed by atoms with E-state index in [1.807, 2.05) is 47.8 Å². The molecular weight excluding hydrogens is 408 g/mol. The van der Waals surface area contributed by atoms with Crippen LogP contribution < -0.4 is 14.8 Å². The first-order chi connectivity index (χ1) is 15.2. The first-order valence-corrected chi connectivity index (χ1v) is 11.4. The lowest BCUT2D eigenvalue weighted by Crippen LogP contribution is -2.38. The number of thiophene rings is 1. The molecule has 4 rings (SSSR count). The van der Waals surface area contributed by atoms with Crippen molar-refractivity contribution in [2.75, 3.05) is 27.3 Å². The van der Waals surface area contributed by atoms with Gasteiger partial charge in [-0.3, -0.25) is 9.69 Å². The van der Waals surface area contributed by atoms with E-state index in [1.54, 1.807) is 25.6 Å². The van der Waals surface area contributed by atoms with Gasteiger partial charge in [0.1, 0.15) is 11.5 Å². The van der Waals surface area contributed by atoms with E-state index in [0.29, 0.717) is 6.54 Å². The average Bonchev–Trinajstić information content (AvgIpc) is 3.50. The maximum atomic E-state index is 13.1. The molecule has 6 heteroatoms. The Bertz CT molecular complexity index is 991. The Morgan fingerprint density at radius 2 is 1.97 bits per heavy atom. The van der Waals surface area contributed by atoms with Crippen LogP contribution in [0, 0.1) is 0 Å². The number of likely N-dealkylation sites (tertiary alicyclic amines) is 1. The number of hydrogen-bond donors (Lipinski definition) is 1. The lowest BCUT2D eigenvalue weighted by Gasteiger charge is -2.27. The van der Waals surface area contributed by atoms with Gasteiger partial charge in [0.25, 0.3) is 0 Å². The summed E-state index contributed by atoms with van der Waals surface area (Å²) in [6.07, 6.45) is 2.04. The Balaban J connectivity index is 1.51. The number of rotatable bonds is 8. The molecule has 1 amide bonds. The minimum atomic E-state index is -0.138. The van der Waals surface area contributed by atoms with Crippen LogP contribution in [0.25, 0.3) is 0 Å². The van der Waals surface area contributed by atoms with Gasteiger partial charge in [0, 0.05) is 16.5 Å². The van der Waals surface area contributed by atoms with Crippen LogP contribution in [0.1, 0.15) is 40.9 Å². The lowest BCUT2D eigenvalue weighted by atomic mass is 10.0. The van der Waals surface area contributed by atoms with Crippen LogP contribution in [0.15, 0.2) is 66.0 Å². The normalized spacial score (nSPS) is 17.3. The fourth-order valence-electron chi connectivity index (χ4n) is 4.28. The standard InChI is InChI=1S/C25H28N2O3S/c1-29-19-12-13-22(30-2)20(16-19)21-10-6-14-27(21)17-24(28)26-25(23-11-7-15-31-23)18-8-4-3-5-9-18/h3-5,7-9,11-13,15-16,21,25H,6,10,14,17H2,1-2H3,(H,26,28)/t21-,25+/m0/s1. The van der Waals surface area contributed by atoms with Crippen molar-refractivity contribution in [1.82, 2.24) is 10.2 Å². The number of hydrogen-bond acceptors (Lipinski definition) is 5. The molecule has 1 saturated heterocycles. The summed E-state index contributed by atoms with van der Waals surface area (Å²) in [6, 6.07) is 20.1. The van der Waals surface area contributed by atoms with Gasteiger partial charge >= 0.3 is 0 Å². The highest BCUT2D eigenvalue weighted by Gasteiger charge is 2.31. The third-order valence-electron chi connectivity index (χ3n) is 5.77. The summed E-state index contributed by atoms with van der Waals surface area (Å²) in [5.41, 5.74) is 2.16. The summed E-state index contributed by atoms with van der Waals surface area (Å²) in [6.45, 7) is 1.23. The second kappa shape index (κ2) is 9.98. The van der Waals surface area contributed by atoms with E-state index >= 15 is 0 Å². The minimum absolute atomic E-state index is 0.0241. The van der Waals surface area contributed by atoms with E-state index in [1.165, 1.54) is 0 Å². The number of carbonyl (C=O) groups is 1. The summed E-state index contributed by atoms with van der Waals surface area (Å²) in [5, 5.41) is 5.30. The number of amides is 1. The Morgan fingerprint density at radius 3 is 2.68 bits per heavy atom. The van der Waals surface area contributed by atoms with Gasteiger partial charge in [0.2, 0.25) is 5.91 Å². The zero-order valence-corrected chi connectivity index (χ0v) is 18.7. The van der Waals surface area contributed by atoms with Gasteiger partial charge in [-0.15, -0.1) is 11.3 Å². The van der Waals surface area contributed by atoms with E-state index in [9.17, 15) is 4.79 Å². The van der Waals surface area contributed by atoms with Crippen molar-refractivity contribution >= 4 is 17.2 Å². The molecule has 3 aromatic rings. The van der Waals surface area contributed by atoms with Crippen LogP contribution in [0.5, 0.6) is 11.5 Å². The molecule has 2 aromatic carbocycles. The molecule has 31 heavy (non-hydrogen) atoms. The molecule has 1 fully saturated rings. The molecule has 0 saturated carbocycles. The number of nitrogens with one attached hydrogen (secondary N) is 1. The minimum Gasteiger partial charge on any atom is -0.497 e. The molecule has 162 valence electrons. The van der Waals surface area contributed by atoms with E-state index in [2.05, 4.69) is 28.4 Å². The largest absolute Gasteiger partial charge is 0.497 e. The van der Waals surface area contributed by atoms with Crippen molar-refractivity contribution in [2.24, 2.45) is 0 Å². The highest BCUT2D eigenvalue weighted by Crippen LogP contribution is 2.38. The monoisotopic (exact) mass is 436 g/mol. The molecule has 1 aliphatic heterocycles. The van der Waals surface area contributed by atoms with Crippen LogP contribution in [-0.2, 0) is 4.79 Å². The predicted octanol–water partition coefficient (Wildman–Crippen LogP) is 4.81. The quantitative estimate of drug-likeness (QED) is 0.551. The molecule has 1 aliphatic rings. The van der Waals surface area contributed by atoms with E-state index < -0.39 is 0 Å². The molecule has 0 radical (unpaired) electrons. The first kappa shape index (κ1) is 21.4. The fourth-order valence-corrected chi connectivity index (χ4v) is 5.08. The van der Waals surface area contributed by atoms with Crippen LogP contribution >= 0.6 is 11.3 Å². The zero-order valence-electron chi connectivity index (χ0n) is 17.9. The average molecular weight is 437 g/mol. The molecular formula is C25H28N2O3S. The van der Waals surface area contributed by atoms with Crippen LogP contribution in [-0.4, -0.2) is 38.1 Å². The molecule has 5 nitrogen and oxygen atoms in total. The van der Waals surface area contributed by atoms with Gasteiger partial charge in [-0.25, -0.2) is 0 Å². The van der Waals surface area contributed by atoms with Crippen LogP contribution in [0.4, 0.5) is 0 Å². The molecule has 0 aliphatic carbocycles.